The van der Waals surface area contributed by atoms with Crippen LogP contribution in [-0.4, -0.2) is 5.78 Å². The molecule has 0 aliphatic rings. The maximum atomic E-state index is 13.8. The van der Waals surface area contributed by atoms with Crippen LogP contribution in [0.1, 0.15) is 15.9 Å². The minimum atomic E-state index is -0.605. The number of carbonyl (C=O) groups is 1. The Morgan fingerprint density at radius 3 is 2.39 bits per heavy atom. The van der Waals surface area contributed by atoms with Gasteiger partial charge in [-0.1, -0.05) is 39.7 Å². The van der Waals surface area contributed by atoms with Gasteiger partial charge < -0.3 is 0 Å². The van der Waals surface area contributed by atoms with E-state index < -0.39 is 11.6 Å². The summed E-state index contributed by atoms with van der Waals surface area (Å²) in [5, 5.41) is 0.298. The Balaban J connectivity index is 2.53. The molecule has 2 aromatic carbocycles. The lowest BCUT2D eigenvalue weighted by Crippen LogP contribution is -2.05. The molecule has 2 aromatic rings. The van der Waals surface area contributed by atoms with Crippen molar-refractivity contribution >= 4 is 49.2 Å². The molecule has 0 amide bonds. The van der Waals surface area contributed by atoms with Crippen LogP contribution in [0.15, 0.2) is 45.3 Å². The normalized spacial score (nSPS) is 10.4. The molecule has 0 heterocycles. The molecule has 18 heavy (non-hydrogen) atoms. The molecule has 0 spiro atoms. The lowest BCUT2D eigenvalue weighted by Gasteiger charge is -2.06. The third-order valence-corrected chi connectivity index (χ3v) is 4.26. The molecule has 2 rings (SSSR count). The van der Waals surface area contributed by atoms with E-state index >= 15 is 0 Å². The highest BCUT2D eigenvalue weighted by atomic mass is 79.9. The molecule has 0 unspecified atom stereocenters. The fraction of sp³-hybridized carbons (Fsp3) is 0. The highest BCUT2D eigenvalue weighted by Gasteiger charge is 2.18. The first kappa shape index (κ1) is 13.7. The lowest BCUT2D eigenvalue weighted by molar-refractivity contribution is 0.103. The molecule has 0 radical (unpaired) electrons. The predicted molar refractivity (Wildman–Crippen MR) is 76.7 cm³/mol. The van der Waals surface area contributed by atoms with Crippen molar-refractivity contribution in [3.63, 3.8) is 0 Å². The van der Waals surface area contributed by atoms with Crippen molar-refractivity contribution in [1.29, 1.82) is 0 Å². The molecular formula is C13H6Br2ClFO. The fourth-order valence-corrected chi connectivity index (χ4v) is 2.43. The van der Waals surface area contributed by atoms with Crippen molar-refractivity contribution in [3.05, 3.63) is 67.3 Å². The van der Waals surface area contributed by atoms with Crippen molar-refractivity contribution in [3.8, 4) is 0 Å². The van der Waals surface area contributed by atoms with Crippen molar-refractivity contribution in [2.75, 3.05) is 0 Å². The third-order valence-electron chi connectivity index (χ3n) is 2.37. The summed E-state index contributed by atoms with van der Waals surface area (Å²) in [5.41, 5.74) is 0.352. The average molecular weight is 392 g/mol. The van der Waals surface area contributed by atoms with Gasteiger partial charge in [-0.05, 0) is 40.2 Å². The average Bonchev–Trinajstić information content (AvgIpc) is 2.33. The van der Waals surface area contributed by atoms with Crippen LogP contribution < -0.4 is 0 Å². The molecule has 0 aromatic heterocycles. The van der Waals surface area contributed by atoms with E-state index in [4.69, 9.17) is 11.6 Å². The van der Waals surface area contributed by atoms with Crippen LogP contribution in [-0.2, 0) is 0 Å². The quantitative estimate of drug-likeness (QED) is 0.505. The van der Waals surface area contributed by atoms with Gasteiger partial charge in [-0.15, -0.1) is 0 Å². The van der Waals surface area contributed by atoms with Crippen LogP contribution in [0.2, 0.25) is 5.02 Å². The first-order valence-corrected chi connectivity index (χ1v) is 6.91. The molecule has 5 heteroatoms. The monoisotopic (exact) mass is 390 g/mol. The van der Waals surface area contributed by atoms with Crippen LogP contribution in [0.4, 0.5) is 4.39 Å². The Labute approximate surface area is 125 Å². The van der Waals surface area contributed by atoms with E-state index in [0.717, 1.165) is 0 Å². The first-order chi connectivity index (χ1) is 8.50. The van der Waals surface area contributed by atoms with Crippen molar-refractivity contribution in [2.45, 2.75) is 0 Å². The largest absolute Gasteiger partial charge is 0.288 e. The fourth-order valence-electron chi connectivity index (χ4n) is 1.49. The molecule has 0 aliphatic carbocycles. The highest BCUT2D eigenvalue weighted by Crippen LogP contribution is 2.28. The second-order valence-electron chi connectivity index (χ2n) is 3.56. The van der Waals surface area contributed by atoms with Gasteiger partial charge >= 0.3 is 0 Å². The molecule has 0 atom stereocenters. The van der Waals surface area contributed by atoms with E-state index in [9.17, 15) is 9.18 Å². The van der Waals surface area contributed by atoms with Gasteiger partial charge in [-0.25, -0.2) is 4.39 Å². The van der Waals surface area contributed by atoms with Gasteiger partial charge in [-0.3, -0.25) is 4.79 Å². The molecular weight excluding hydrogens is 386 g/mol. The molecule has 0 saturated carbocycles. The van der Waals surface area contributed by atoms with Gasteiger partial charge in [0.05, 0.1) is 10.6 Å². The summed E-state index contributed by atoms with van der Waals surface area (Å²) < 4.78 is 14.8. The van der Waals surface area contributed by atoms with Crippen molar-refractivity contribution < 1.29 is 9.18 Å². The van der Waals surface area contributed by atoms with E-state index in [1.807, 2.05) is 0 Å². The van der Waals surface area contributed by atoms with E-state index in [-0.39, 0.29) is 5.56 Å². The van der Waals surface area contributed by atoms with Crippen molar-refractivity contribution in [2.24, 2.45) is 0 Å². The molecule has 0 bridgehead atoms. The molecule has 0 aliphatic heterocycles. The van der Waals surface area contributed by atoms with Gasteiger partial charge in [0.25, 0.3) is 0 Å². The molecule has 92 valence electrons. The summed E-state index contributed by atoms with van der Waals surface area (Å²) in [6, 6.07) is 9.37. The molecule has 0 N–H and O–H groups in total. The summed E-state index contributed by atoms with van der Waals surface area (Å²) in [4.78, 5) is 12.2. The minimum absolute atomic E-state index is 0.0462. The zero-order valence-corrected chi connectivity index (χ0v) is 12.8. The number of benzene rings is 2. The zero-order chi connectivity index (χ0) is 13.3. The van der Waals surface area contributed by atoms with Gasteiger partial charge in [0.2, 0.25) is 0 Å². The maximum Gasteiger partial charge on any atom is 0.197 e. The van der Waals surface area contributed by atoms with Crippen LogP contribution in [0, 0.1) is 5.82 Å². The van der Waals surface area contributed by atoms with Crippen LogP contribution in [0.3, 0.4) is 0 Å². The number of hydrogen-bond donors (Lipinski definition) is 0. The van der Waals surface area contributed by atoms with E-state index in [2.05, 4.69) is 31.9 Å². The van der Waals surface area contributed by atoms with Gasteiger partial charge in [0.1, 0.15) is 5.82 Å². The van der Waals surface area contributed by atoms with Crippen LogP contribution >= 0.6 is 43.5 Å². The summed E-state index contributed by atoms with van der Waals surface area (Å²) in [6.07, 6.45) is 0. The van der Waals surface area contributed by atoms with E-state index in [1.165, 1.54) is 12.1 Å². The summed E-state index contributed by atoms with van der Waals surface area (Å²) in [6.45, 7) is 0. The maximum absolute atomic E-state index is 13.8. The van der Waals surface area contributed by atoms with Gasteiger partial charge in [0, 0.05) is 14.5 Å². The number of rotatable bonds is 2. The van der Waals surface area contributed by atoms with E-state index in [1.54, 1.807) is 24.3 Å². The number of hydrogen-bond acceptors (Lipinski definition) is 1. The summed E-state index contributed by atoms with van der Waals surface area (Å²) in [7, 11) is 0. The number of ketones is 1. The SMILES string of the molecule is O=C(c1cc(Cl)c(Br)cc1F)c1ccccc1Br. The Morgan fingerprint density at radius 1 is 1.06 bits per heavy atom. The van der Waals surface area contributed by atoms with Crippen LogP contribution in [0.5, 0.6) is 0 Å². The van der Waals surface area contributed by atoms with Crippen LogP contribution in [0.25, 0.3) is 0 Å². The van der Waals surface area contributed by atoms with E-state index in [0.29, 0.717) is 19.5 Å². The minimum Gasteiger partial charge on any atom is -0.288 e. The third kappa shape index (κ3) is 2.66. The lowest BCUT2D eigenvalue weighted by atomic mass is 10.0. The Hall–Kier alpha value is -0.710. The van der Waals surface area contributed by atoms with Crippen molar-refractivity contribution in [1.82, 2.24) is 0 Å². The second kappa shape index (κ2) is 5.51. The molecule has 0 saturated heterocycles. The van der Waals surface area contributed by atoms with Gasteiger partial charge in [-0.2, -0.15) is 0 Å². The number of carbonyl (C=O) groups excluding carboxylic acids is 1. The number of halogens is 4. The Morgan fingerprint density at radius 2 is 1.72 bits per heavy atom. The standard InChI is InChI=1S/C13H6Br2ClFO/c14-9-4-2-1-3-7(9)13(18)8-5-11(16)10(15)6-12(8)17/h1-6H. The Bertz CT molecular complexity index is 628. The first-order valence-electron chi connectivity index (χ1n) is 4.94. The Kier molecular flexibility index (Phi) is 4.20. The molecule has 0 fully saturated rings. The van der Waals surface area contributed by atoms with Gasteiger partial charge in [0.15, 0.2) is 5.78 Å². The topological polar surface area (TPSA) is 17.1 Å². The summed E-state index contributed by atoms with van der Waals surface area (Å²) >= 11 is 12.3. The summed E-state index contributed by atoms with van der Waals surface area (Å²) in [5.74, 6) is -1.01. The smallest absolute Gasteiger partial charge is 0.197 e. The second-order valence-corrected chi connectivity index (χ2v) is 5.67. The molecule has 1 nitrogen and oxygen atoms in total. The highest BCUT2D eigenvalue weighted by molar-refractivity contribution is 9.10. The predicted octanol–water partition coefficient (Wildman–Crippen LogP) is 5.24. The zero-order valence-electron chi connectivity index (χ0n) is 8.88.